The van der Waals surface area contributed by atoms with Gasteiger partial charge in [-0.1, -0.05) is 123 Å². The van der Waals surface area contributed by atoms with Gasteiger partial charge in [0.1, 0.15) is 5.58 Å². The molecule has 7 aromatic rings. The molecule has 1 saturated carbocycles. The number of hydrogen-bond acceptors (Lipinski definition) is 3. The van der Waals surface area contributed by atoms with Gasteiger partial charge in [0.25, 0.3) is 0 Å². The number of hydrogen-bond donors (Lipinski definition) is 0. The molecule has 4 aromatic carbocycles. The maximum atomic E-state index is 9.02. The molecule has 5 heteroatoms. The molecule has 0 aliphatic heterocycles. The summed E-state index contributed by atoms with van der Waals surface area (Å²) in [5.41, 5.74) is 8.66. The molecule has 1 fully saturated rings. The van der Waals surface area contributed by atoms with E-state index in [1.165, 1.54) is 23.2 Å². The summed E-state index contributed by atoms with van der Waals surface area (Å²) in [6, 6.07) is 40.2. The molecular formula is C44H42IrN2OSi-2. The van der Waals surface area contributed by atoms with Gasteiger partial charge in [0, 0.05) is 43.4 Å². The normalized spacial score (nSPS) is 15.6. The molecule has 249 valence electrons. The average Bonchev–Trinajstić information content (AvgIpc) is 3.53. The van der Waals surface area contributed by atoms with Crippen molar-refractivity contribution in [1.82, 2.24) is 9.97 Å². The molecule has 3 nitrogen and oxygen atoms in total. The van der Waals surface area contributed by atoms with Crippen molar-refractivity contribution in [2.45, 2.75) is 64.5 Å². The van der Waals surface area contributed by atoms with Gasteiger partial charge in [-0.3, -0.25) is 0 Å². The number of furan rings is 1. The zero-order chi connectivity index (χ0) is 36.5. The first-order valence-corrected chi connectivity index (χ1v) is 20.3. The standard InChI is InChI=1S/C29H24NO.C15H18NSi.Ir/c1-3-8-20(9-4-1)22-14-15-24-25-12-7-13-26(29(25)31-28(24)19-22)27-18-23(16-17-30-27)21-10-5-2-6-11-21;1-12-5-7-13(8-6-12)15-10-9-14(11-16-15)17(2,3)4;/h1,3-4,7-9,12,14-19,21H,2,5-6,10-11H2;5-7,9-11H,1-4H3;/q2*-1;/i21D;1D3;. The number of pyridine rings is 2. The minimum Gasteiger partial charge on any atom is -0.501 e. The van der Waals surface area contributed by atoms with E-state index in [9.17, 15) is 0 Å². The quantitative estimate of drug-likeness (QED) is 0.128. The fourth-order valence-corrected chi connectivity index (χ4v) is 7.41. The van der Waals surface area contributed by atoms with Crippen molar-refractivity contribution in [3.63, 3.8) is 0 Å². The van der Waals surface area contributed by atoms with Crippen molar-refractivity contribution >= 4 is 35.2 Å². The summed E-state index contributed by atoms with van der Waals surface area (Å²) in [4.78, 5) is 9.12. The second-order valence-corrected chi connectivity index (χ2v) is 18.6. The number of aryl methyl sites for hydroxylation is 1. The SMILES string of the molecule is [2H]C([2H])([2H])c1c[c-]c(-c2ccc([Si](C)(C)C)cn2)cc1.[2H]C1(c2ccnc(-c3[c-]ccc4c3oc3cc(-c5ccccc5)ccc34)c2)CCCCC1.[Ir]. The van der Waals surface area contributed by atoms with Crippen molar-refractivity contribution in [2.75, 3.05) is 0 Å². The van der Waals surface area contributed by atoms with E-state index in [1.54, 1.807) is 12.1 Å². The molecule has 3 aromatic heterocycles. The monoisotopic (exact) mass is 839 g/mol. The van der Waals surface area contributed by atoms with Crippen LogP contribution in [0.4, 0.5) is 0 Å². The third-order valence-electron chi connectivity index (χ3n) is 9.14. The third kappa shape index (κ3) is 7.86. The van der Waals surface area contributed by atoms with Crippen molar-refractivity contribution in [2.24, 2.45) is 0 Å². The van der Waals surface area contributed by atoms with Crippen molar-refractivity contribution in [3.8, 4) is 33.6 Å². The fourth-order valence-electron chi connectivity index (χ4n) is 6.38. The van der Waals surface area contributed by atoms with Crippen molar-refractivity contribution < 1.29 is 30.0 Å². The second kappa shape index (κ2) is 15.2. The first-order chi connectivity index (χ1) is 24.9. The van der Waals surface area contributed by atoms with Crippen molar-refractivity contribution in [1.29, 1.82) is 0 Å². The van der Waals surface area contributed by atoms with Gasteiger partial charge < -0.3 is 14.4 Å². The van der Waals surface area contributed by atoms with E-state index in [0.29, 0.717) is 5.56 Å². The van der Waals surface area contributed by atoms with Crippen LogP contribution < -0.4 is 5.19 Å². The first-order valence-electron chi connectivity index (χ1n) is 18.8. The Bertz CT molecular complexity index is 2250. The van der Waals surface area contributed by atoms with Crippen LogP contribution >= 0.6 is 0 Å². The largest absolute Gasteiger partial charge is 0.501 e. The summed E-state index contributed by atoms with van der Waals surface area (Å²) in [6.45, 7) is 4.76. The van der Waals surface area contributed by atoms with Gasteiger partial charge in [-0.05, 0) is 58.6 Å². The Balaban J connectivity index is 0.000000199. The van der Waals surface area contributed by atoms with Crippen LogP contribution in [0.25, 0.3) is 55.6 Å². The summed E-state index contributed by atoms with van der Waals surface area (Å²) in [6.07, 6.45) is 9.06. The predicted molar refractivity (Wildman–Crippen MR) is 203 cm³/mol. The molecule has 3 heterocycles. The van der Waals surface area contributed by atoms with E-state index in [4.69, 9.17) is 9.90 Å². The van der Waals surface area contributed by atoms with Crippen LogP contribution in [0.3, 0.4) is 0 Å². The summed E-state index contributed by atoms with van der Waals surface area (Å²) in [5, 5.41) is 3.47. The van der Waals surface area contributed by atoms with Gasteiger partial charge in [0.15, 0.2) is 0 Å². The van der Waals surface area contributed by atoms with Crippen LogP contribution in [0, 0.1) is 19.0 Å². The van der Waals surface area contributed by atoms with Gasteiger partial charge >= 0.3 is 0 Å². The second-order valence-electron chi connectivity index (χ2n) is 13.5. The van der Waals surface area contributed by atoms with E-state index in [-0.39, 0.29) is 20.1 Å². The van der Waals surface area contributed by atoms with E-state index in [0.717, 1.165) is 81.3 Å². The van der Waals surface area contributed by atoms with Crippen LogP contribution in [0.5, 0.6) is 0 Å². The molecule has 49 heavy (non-hydrogen) atoms. The smallest absolute Gasteiger partial charge is 0.121 e. The predicted octanol–water partition coefficient (Wildman–Crippen LogP) is 11.6. The maximum absolute atomic E-state index is 9.02. The molecule has 0 N–H and O–H groups in total. The number of benzene rings is 4. The minimum atomic E-state index is -2.08. The molecule has 0 spiro atoms. The molecule has 0 bridgehead atoms. The molecule has 0 saturated heterocycles. The van der Waals surface area contributed by atoms with Crippen LogP contribution in [0.2, 0.25) is 19.6 Å². The molecular weight excluding hydrogens is 793 g/mol. The topological polar surface area (TPSA) is 38.9 Å². The van der Waals surface area contributed by atoms with Gasteiger partial charge in [0.05, 0.1) is 13.7 Å². The summed E-state index contributed by atoms with van der Waals surface area (Å²) < 4.78 is 37.4. The number of aromatic nitrogens is 2. The van der Waals surface area contributed by atoms with Crippen LogP contribution in [0.15, 0.2) is 120 Å². The van der Waals surface area contributed by atoms with E-state index < -0.39 is 20.8 Å². The maximum Gasteiger partial charge on any atom is 0.121 e. The average molecular weight is 839 g/mol. The Labute approximate surface area is 310 Å². The molecule has 1 aliphatic carbocycles. The molecule has 0 amide bonds. The molecule has 0 unspecified atom stereocenters. The minimum absolute atomic E-state index is 0. The summed E-state index contributed by atoms with van der Waals surface area (Å²) in [5.74, 6) is -0.512. The summed E-state index contributed by atoms with van der Waals surface area (Å²) >= 11 is 0. The summed E-state index contributed by atoms with van der Waals surface area (Å²) in [7, 11) is -1.34. The molecule has 0 atom stereocenters. The third-order valence-corrected chi connectivity index (χ3v) is 11.2. The molecule has 8 rings (SSSR count). The van der Waals surface area contributed by atoms with E-state index in [1.807, 2.05) is 36.7 Å². The van der Waals surface area contributed by atoms with Crippen LogP contribution in [-0.2, 0) is 20.1 Å². The van der Waals surface area contributed by atoms with Gasteiger partial charge in [0.2, 0.25) is 0 Å². The van der Waals surface area contributed by atoms with Crippen LogP contribution in [-0.4, -0.2) is 18.0 Å². The zero-order valence-electron chi connectivity index (χ0n) is 32.1. The van der Waals surface area contributed by atoms with E-state index in [2.05, 4.69) is 102 Å². The molecule has 1 aliphatic rings. The zero-order valence-corrected chi connectivity index (χ0v) is 31.5. The molecule has 1 radical (unpaired) electrons. The number of nitrogens with zero attached hydrogens (tertiary/aromatic N) is 2. The van der Waals surface area contributed by atoms with Gasteiger partial charge in [-0.25, -0.2) is 0 Å². The van der Waals surface area contributed by atoms with Crippen molar-refractivity contribution in [3.05, 3.63) is 139 Å². The van der Waals surface area contributed by atoms with Gasteiger partial charge in [-0.2, -0.15) is 0 Å². The first kappa shape index (κ1) is 29.7. The van der Waals surface area contributed by atoms with E-state index >= 15 is 0 Å². The van der Waals surface area contributed by atoms with Gasteiger partial charge in [-0.15, -0.1) is 53.6 Å². The number of rotatable bonds is 5. The Morgan fingerprint density at radius 1 is 0.796 bits per heavy atom. The van der Waals surface area contributed by atoms with Crippen LogP contribution in [0.1, 0.15) is 54.6 Å². The Morgan fingerprint density at radius 3 is 2.35 bits per heavy atom. The Hall–Kier alpha value is -4.15. The Morgan fingerprint density at radius 2 is 1.63 bits per heavy atom. The fraction of sp³-hybridized carbons (Fsp3) is 0.227. The number of fused-ring (bicyclic) bond motifs is 3. The Kier molecular flexibility index (Phi) is 9.21.